The molecule has 0 saturated heterocycles. The quantitative estimate of drug-likeness (QED) is 0.510. The maximum absolute atomic E-state index is 13.4. The lowest BCUT2D eigenvalue weighted by Gasteiger charge is -2.19. The summed E-state index contributed by atoms with van der Waals surface area (Å²) < 4.78 is 14.9. The maximum Gasteiger partial charge on any atom is 0.251 e. The average Bonchev–Trinajstić information content (AvgIpc) is 3.10. The molecule has 0 aliphatic rings. The normalized spacial score (nSPS) is 12.1. The van der Waals surface area contributed by atoms with Gasteiger partial charge >= 0.3 is 0 Å². The molecule has 9 heteroatoms. The molecule has 0 saturated carbocycles. The van der Waals surface area contributed by atoms with E-state index < -0.39 is 6.04 Å². The Bertz CT molecular complexity index is 1250. The van der Waals surface area contributed by atoms with Crippen LogP contribution in [0.25, 0.3) is 11.0 Å². The smallest absolute Gasteiger partial charge is 0.251 e. The molecule has 2 heterocycles. The second-order valence-electron chi connectivity index (χ2n) is 6.93. The summed E-state index contributed by atoms with van der Waals surface area (Å²) >= 11 is 0. The van der Waals surface area contributed by atoms with E-state index in [0.717, 1.165) is 5.52 Å². The van der Waals surface area contributed by atoms with Crippen LogP contribution < -0.4 is 10.9 Å². The number of fused-ring (bicyclic) bond motifs is 1. The molecule has 0 aliphatic heterocycles. The highest BCUT2D eigenvalue weighted by molar-refractivity contribution is 5.80. The summed E-state index contributed by atoms with van der Waals surface area (Å²) in [5.41, 5.74) is 2.40. The molecule has 1 atom stereocenters. The largest absolute Gasteiger partial charge is 0.347 e. The van der Waals surface area contributed by atoms with E-state index in [9.17, 15) is 14.0 Å². The summed E-state index contributed by atoms with van der Waals surface area (Å²) in [4.78, 5) is 31.5. The third-order valence-electron chi connectivity index (χ3n) is 4.65. The first-order valence-electron chi connectivity index (χ1n) is 9.38. The van der Waals surface area contributed by atoms with E-state index in [2.05, 4.69) is 25.6 Å². The molecule has 152 valence electrons. The highest BCUT2D eigenvalue weighted by Crippen LogP contribution is 2.18. The number of aromatic amines is 1. The third-order valence-corrected chi connectivity index (χ3v) is 4.65. The van der Waals surface area contributed by atoms with Gasteiger partial charge in [-0.3, -0.25) is 9.59 Å². The molecule has 0 spiro atoms. The minimum absolute atomic E-state index is 0.0277. The molecule has 0 bridgehead atoms. The minimum Gasteiger partial charge on any atom is -0.347 e. The zero-order chi connectivity index (χ0) is 21.1. The molecule has 30 heavy (non-hydrogen) atoms. The Balaban J connectivity index is 1.57. The van der Waals surface area contributed by atoms with Crippen LogP contribution in [0.3, 0.4) is 0 Å². The Morgan fingerprint density at radius 3 is 2.73 bits per heavy atom. The lowest BCUT2D eigenvalue weighted by molar-refractivity contribution is -0.122. The Morgan fingerprint density at radius 2 is 1.97 bits per heavy atom. The van der Waals surface area contributed by atoms with Crippen molar-refractivity contribution in [2.24, 2.45) is 0 Å². The van der Waals surface area contributed by atoms with Gasteiger partial charge in [0.1, 0.15) is 23.7 Å². The fraction of sp³-hybridized carbons (Fsp3) is 0.190. The first kappa shape index (κ1) is 19.4. The fourth-order valence-electron chi connectivity index (χ4n) is 3.31. The Kier molecular flexibility index (Phi) is 5.34. The van der Waals surface area contributed by atoms with E-state index in [-0.39, 0.29) is 30.2 Å². The average molecular weight is 406 g/mol. The van der Waals surface area contributed by atoms with Crippen LogP contribution in [0.15, 0.2) is 59.4 Å². The number of benzene rings is 2. The van der Waals surface area contributed by atoms with Gasteiger partial charge in [-0.25, -0.2) is 14.1 Å². The highest BCUT2D eigenvalue weighted by Gasteiger charge is 2.18. The zero-order valence-corrected chi connectivity index (χ0v) is 16.2. The SMILES string of the molecule is Cc1nc(C[C@H](NC(=O)Cn2nnc3ccccc32)c2ccc(F)cc2)cc(=O)[nH]1. The van der Waals surface area contributed by atoms with Gasteiger partial charge in [0.15, 0.2) is 0 Å². The van der Waals surface area contributed by atoms with Crippen LogP contribution in [0.2, 0.25) is 0 Å². The number of aromatic nitrogens is 5. The molecular formula is C21H19FN6O2. The number of hydrogen-bond donors (Lipinski definition) is 2. The number of nitrogens with zero attached hydrogens (tertiary/aromatic N) is 4. The zero-order valence-electron chi connectivity index (χ0n) is 16.2. The van der Waals surface area contributed by atoms with E-state index in [4.69, 9.17) is 0 Å². The number of aryl methyl sites for hydroxylation is 1. The van der Waals surface area contributed by atoms with Gasteiger partial charge in [0.2, 0.25) is 5.91 Å². The van der Waals surface area contributed by atoms with Gasteiger partial charge in [-0.2, -0.15) is 0 Å². The summed E-state index contributed by atoms with van der Waals surface area (Å²) in [5.74, 6) is -0.180. The van der Waals surface area contributed by atoms with E-state index in [1.165, 1.54) is 22.9 Å². The number of para-hydroxylation sites is 1. The number of hydrogen-bond acceptors (Lipinski definition) is 5. The van der Waals surface area contributed by atoms with E-state index in [1.54, 1.807) is 19.1 Å². The molecule has 4 aromatic rings. The number of H-pyrrole nitrogens is 1. The summed E-state index contributed by atoms with van der Waals surface area (Å²) in [7, 11) is 0. The molecule has 0 fully saturated rings. The van der Waals surface area contributed by atoms with Gasteiger partial charge in [-0.1, -0.05) is 29.5 Å². The van der Waals surface area contributed by atoms with Crippen molar-refractivity contribution < 1.29 is 9.18 Å². The molecule has 8 nitrogen and oxygen atoms in total. The molecule has 2 N–H and O–H groups in total. The molecule has 0 aliphatic carbocycles. The number of carbonyl (C=O) groups is 1. The standard InChI is InChI=1S/C21H19FN6O2/c1-13-23-16(11-20(29)24-13)10-18(14-6-8-15(22)9-7-14)25-21(30)12-28-19-5-3-2-4-17(19)26-27-28/h2-9,11,18H,10,12H2,1H3,(H,25,30)(H,23,24,29)/t18-/m0/s1. The number of carbonyl (C=O) groups excluding carboxylic acids is 1. The van der Waals surface area contributed by atoms with Crippen LogP contribution in [0, 0.1) is 12.7 Å². The Labute approximate surface area is 170 Å². The summed E-state index contributed by atoms with van der Waals surface area (Å²) in [6.07, 6.45) is 0.278. The first-order valence-corrected chi connectivity index (χ1v) is 9.38. The molecule has 0 unspecified atom stereocenters. The molecule has 4 rings (SSSR count). The first-order chi connectivity index (χ1) is 14.5. The lowest BCUT2D eigenvalue weighted by Crippen LogP contribution is -2.33. The second kappa shape index (κ2) is 8.24. The van der Waals surface area contributed by atoms with Crippen molar-refractivity contribution in [3.8, 4) is 0 Å². The molecule has 1 amide bonds. The van der Waals surface area contributed by atoms with Crippen molar-refractivity contribution >= 4 is 16.9 Å². The van der Waals surface area contributed by atoms with Crippen molar-refractivity contribution in [3.63, 3.8) is 0 Å². The van der Waals surface area contributed by atoms with Crippen molar-refractivity contribution in [2.75, 3.05) is 0 Å². The van der Waals surface area contributed by atoms with Crippen LogP contribution in [0.1, 0.15) is 23.1 Å². The molecule has 2 aromatic carbocycles. The molecular weight excluding hydrogens is 387 g/mol. The van der Waals surface area contributed by atoms with Crippen molar-refractivity contribution in [1.82, 2.24) is 30.3 Å². The van der Waals surface area contributed by atoms with E-state index in [0.29, 0.717) is 22.6 Å². The van der Waals surface area contributed by atoms with Crippen LogP contribution in [-0.2, 0) is 17.8 Å². The highest BCUT2D eigenvalue weighted by atomic mass is 19.1. The minimum atomic E-state index is -0.499. The Morgan fingerprint density at radius 1 is 1.20 bits per heavy atom. The number of halogens is 1. The molecule has 2 aromatic heterocycles. The Hall–Kier alpha value is -3.88. The third kappa shape index (κ3) is 4.40. The summed E-state index contributed by atoms with van der Waals surface area (Å²) in [5, 5.41) is 11.0. The molecule has 0 radical (unpaired) electrons. The fourth-order valence-corrected chi connectivity index (χ4v) is 3.31. The van der Waals surface area contributed by atoms with Gasteiger partial charge in [-0.05, 0) is 36.8 Å². The van der Waals surface area contributed by atoms with Crippen LogP contribution in [-0.4, -0.2) is 30.9 Å². The van der Waals surface area contributed by atoms with Crippen LogP contribution >= 0.6 is 0 Å². The van der Waals surface area contributed by atoms with Crippen LogP contribution in [0.4, 0.5) is 4.39 Å². The maximum atomic E-state index is 13.4. The van der Waals surface area contributed by atoms with Gasteiger partial charge in [0, 0.05) is 12.5 Å². The van der Waals surface area contributed by atoms with Gasteiger partial charge < -0.3 is 10.3 Å². The monoisotopic (exact) mass is 406 g/mol. The second-order valence-corrected chi connectivity index (χ2v) is 6.93. The number of amides is 1. The van der Waals surface area contributed by atoms with E-state index in [1.807, 2.05) is 24.3 Å². The van der Waals surface area contributed by atoms with Crippen molar-refractivity contribution in [3.05, 3.63) is 87.9 Å². The van der Waals surface area contributed by atoms with E-state index >= 15 is 0 Å². The van der Waals surface area contributed by atoms with Gasteiger partial charge in [-0.15, -0.1) is 5.10 Å². The van der Waals surface area contributed by atoms with Gasteiger partial charge in [0.05, 0.1) is 17.3 Å². The predicted molar refractivity (Wildman–Crippen MR) is 108 cm³/mol. The van der Waals surface area contributed by atoms with Crippen molar-refractivity contribution in [1.29, 1.82) is 0 Å². The van der Waals surface area contributed by atoms with Crippen molar-refractivity contribution in [2.45, 2.75) is 25.9 Å². The summed E-state index contributed by atoms with van der Waals surface area (Å²) in [6, 6.07) is 14.1. The number of nitrogens with one attached hydrogen (secondary N) is 2. The van der Waals surface area contributed by atoms with Gasteiger partial charge in [0.25, 0.3) is 5.56 Å². The predicted octanol–water partition coefficient (Wildman–Crippen LogP) is 2.06. The number of rotatable bonds is 6. The lowest BCUT2D eigenvalue weighted by atomic mass is 10.0. The van der Waals surface area contributed by atoms with Crippen LogP contribution in [0.5, 0.6) is 0 Å². The topological polar surface area (TPSA) is 106 Å². The summed E-state index contributed by atoms with van der Waals surface area (Å²) in [6.45, 7) is 1.66.